The van der Waals surface area contributed by atoms with Crippen LogP contribution in [-0.2, 0) is 6.54 Å². The molecule has 0 saturated carbocycles. The maximum atomic E-state index is 10.6. The van der Waals surface area contributed by atoms with E-state index in [9.17, 15) is 4.79 Å². The van der Waals surface area contributed by atoms with Gasteiger partial charge in [0.2, 0.25) is 0 Å². The van der Waals surface area contributed by atoms with Gasteiger partial charge in [-0.25, -0.2) is 14.8 Å². The molecule has 2 aromatic heterocycles. The Labute approximate surface area is 107 Å². The molecule has 0 radical (unpaired) electrons. The van der Waals surface area contributed by atoms with Crippen LogP contribution in [0.2, 0.25) is 0 Å². The molecule has 0 spiro atoms. The number of pyridine rings is 1. The molecular weight excluding hydrogens is 252 g/mol. The number of hydrogen-bond acceptors (Lipinski definition) is 6. The van der Waals surface area contributed by atoms with Gasteiger partial charge in [-0.3, -0.25) is 0 Å². The fourth-order valence-electron chi connectivity index (χ4n) is 1.25. The summed E-state index contributed by atoms with van der Waals surface area (Å²) in [6, 6.07) is 7.00. The lowest BCUT2D eigenvalue weighted by Crippen LogP contribution is -2.03. The van der Waals surface area contributed by atoms with Gasteiger partial charge in [-0.2, -0.15) is 5.26 Å². The molecular formula is C11H8N4O2S. The van der Waals surface area contributed by atoms with E-state index in [1.165, 1.54) is 16.7 Å². The molecule has 0 aliphatic rings. The molecule has 2 heterocycles. The van der Waals surface area contributed by atoms with Crippen LogP contribution in [0, 0.1) is 11.3 Å². The van der Waals surface area contributed by atoms with Gasteiger partial charge in [0.1, 0.15) is 22.6 Å². The largest absolute Gasteiger partial charge is 0.476 e. The quantitative estimate of drug-likeness (QED) is 0.868. The second kappa shape index (κ2) is 5.25. The van der Waals surface area contributed by atoms with Crippen molar-refractivity contribution in [3.05, 3.63) is 40.0 Å². The third-order valence-electron chi connectivity index (χ3n) is 2.06. The second-order valence-electron chi connectivity index (χ2n) is 3.31. The Morgan fingerprint density at radius 3 is 3.00 bits per heavy atom. The van der Waals surface area contributed by atoms with E-state index in [1.54, 1.807) is 18.2 Å². The SMILES string of the molecule is N#Cc1cccc(NCc2nc(C(=O)O)cs2)n1. The summed E-state index contributed by atoms with van der Waals surface area (Å²) in [5, 5.41) is 22.5. The Kier molecular flexibility index (Phi) is 3.50. The van der Waals surface area contributed by atoms with Gasteiger partial charge in [-0.1, -0.05) is 6.07 Å². The lowest BCUT2D eigenvalue weighted by atomic mass is 10.3. The topological polar surface area (TPSA) is 98.9 Å². The Morgan fingerprint density at radius 2 is 2.33 bits per heavy atom. The van der Waals surface area contributed by atoms with Crippen LogP contribution < -0.4 is 5.32 Å². The van der Waals surface area contributed by atoms with E-state index >= 15 is 0 Å². The van der Waals surface area contributed by atoms with E-state index in [4.69, 9.17) is 10.4 Å². The minimum Gasteiger partial charge on any atom is -0.476 e. The van der Waals surface area contributed by atoms with E-state index in [-0.39, 0.29) is 5.69 Å². The van der Waals surface area contributed by atoms with E-state index < -0.39 is 5.97 Å². The molecule has 2 N–H and O–H groups in total. The summed E-state index contributed by atoms with van der Waals surface area (Å²) in [5.74, 6) is -0.483. The predicted octanol–water partition coefficient (Wildman–Crippen LogP) is 1.72. The summed E-state index contributed by atoms with van der Waals surface area (Å²) in [7, 11) is 0. The average molecular weight is 260 g/mol. The molecule has 2 aromatic rings. The monoisotopic (exact) mass is 260 g/mol. The third kappa shape index (κ3) is 2.81. The summed E-state index contributed by atoms with van der Waals surface area (Å²) in [6.07, 6.45) is 0. The van der Waals surface area contributed by atoms with Gasteiger partial charge in [0.05, 0.1) is 6.54 Å². The Hall–Kier alpha value is -2.46. The fourth-order valence-corrected chi connectivity index (χ4v) is 1.96. The van der Waals surface area contributed by atoms with Crippen molar-refractivity contribution in [2.75, 3.05) is 5.32 Å². The molecule has 0 unspecified atom stereocenters. The van der Waals surface area contributed by atoms with E-state index in [2.05, 4.69) is 15.3 Å². The van der Waals surface area contributed by atoms with Crippen LogP contribution in [-0.4, -0.2) is 21.0 Å². The second-order valence-corrected chi connectivity index (χ2v) is 4.25. The van der Waals surface area contributed by atoms with Crippen molar-refractivity contribution in [3.63, 3.8) is 0 Å². The summed E-state index contributed by atoms with van der Waals surface area (Å²) in [5.41, 5.74) is 0.362. The maximum absolute atomic E-state index is 10.6. The van der Waals surface area contributed by atoms with Crippen molar-refractivity contribution in [2.45, 2.75) is 6.54 Å². The number of nitrogens with zero attached hydrogens (tertiary/aromatic N) is 3. The molecule has 7 heteroatoms. The van der Waals surface area contributed by atoms with Crippen LogP contribution >= 0.6 is 11.3 Å². The zero-order valence-electron chi connectivity index (χ0n) is 9.12. The van der Waals surface area contributed by atoms with Gasteiger partial charge in [0.15, 0.2) is 5.69 Å². The molecule has 0 fully saturated rings. The number of thiazole rings is 1. The predicted molar refractivity (Wildman–Crippen MR) is 65.4 cm³/mol. The third-order valence-corrected chi connectivity index (χ3v) is 2.90. The van der Waals surface area contributed by atoms with Gasteiger partial charge in [-0.05, 0) is 12.1 Å². The van der Waals surface area contributed by atoms with Crippen LogP contribution in [0.3, 0.4) is 0 Å². The number of nitrogens with one attached hydrogen (secondary N) is 1. The Balaban J connectivity index is 2.02. The maximum Gasteiger partial charge on any atom is 0.355 e. The minimum absolute atomic E-state index is 0.0375. The minimum atomic E-state index is -1.04. The van der Waals surface area contributed by atoms with Gasteiger partial charge >= 0.3 is 5.97 Å². The van der Waals surface area contributed by atoms with Gasteiger partial charge < -0.3 is 10.4 Å². The number of rotatable bonds is 4. The van der Waals surface area contributed by atoms with Crippen molar-refractivity contribution >= 4 is 23.1 Å². The number of carboxylic acid groups (broad SMARTS) is 1. The molecule has 0 aliphatic carbocycles. The number of aromatic nitrogens is 2. The molecule has 0 bridgehead atoms. The summed E-state index contributed by atoms with van der Waals surface area (Å²) in [6.45, 7) is 0.375. The number of carbonyl (C=O) groups is 1. The van der Waals surface area contributed by atoms with E-state index in [0.29, 0.717) is 23.1 Å². The van der Waals surface area contributed by atoms with Crippen LogP contribution in [0.4, 0.5) is 5.82 Å². The molecule has 6 nitrogen and oxygen atoms in total. The highest BCUT2D eigenvalue weighted by Gasteiger charge is 2.08. The van der Waals surface area contributed by atoms with Crippen LogP contribution in [0.1, 0.15) is 21.2 Å². The number of nitriles is 1. The highest BCUT2D eigenvalue weighted by atomic mass is 32.1. The fraction of sp³-hybridized carbons (Fsp3) is 0.0909. The number of anilines is 1. The van der Waals surface area contributed by atoms with Gasteiger partial charge in [0.25, 0.3) is 0 Å². The van der Waals surface area contributed by atoms with Gasteiger partial charge in [-0.15, -0.1) is 11.3 Å². The Morgan fingerprint density at radius 1 is 1.50 bits per heavy atom. The van der Waals surface area contributed by atoms with Crippen LogP contribution in [0.5, 0.6) is 0 Å². The van der Waals surface area contributed by atoms with Crippen LogP contribution in [0.15, 0.2) is 23.6 Å². The molecule has 90 valence electrons. The number of aromatic carboxylic acids is 1. The first kappa shape index (κ1) is 12.0. The zero-order valence-corrected chi connectivity index (χ0v) is 9.94. The first-order valence-electron chi connectivity index (χ1n) is 4.98. The van der Waals surface area contributed by atoms with Crippen molar-refractivity contribution in [2.24, 2.45) is 0 Å². The summed E-state index contributed by atoms with van der Waals surface area (Å²) in [4.78, 5) is 18.6. The summed E-state index contributed by atoms with van der Waals surface area (Å²) < 4.78 is 0. The molecule has 2 rings (SSSR count). The van der Waals surface area contributed by atoms with E-state index in [1.807, 2.05) is 6.07 Å². The molecule has 0 amide bonds. The standard InChI is InChI=1S/C11H8N4O2S/c12-4-7-2-1-3-9(14-7)13-5-10-15-8(6-18-10)11(16)17/h1-3,6H,5H2,(H,13,14)(H,16,17). The summed E-state index contributed by atoms with van der Waals surface area (Å²) >= 11 is 1.26. The highest BCUT2D eigenvalue weighted by Crippen LogP contribution is 2.12. The molecule has 0 atom stereocenters. The molecule has 0 saturated heterocycles. The number of carboxylic acids is 1. The first-order chi connectivity index (χ1) is 8.69. The molecule has 18 heavy (non-hydrogen) atoms. The lowest BCUT2D eigenvalue weighted by Gasteiger charge is -2.02. The van der Waals surface area contributed by atoms with Crippen molar-refractivity contribution in [3.8, 4) is 6.07 Å². The van der Waals surface area contributed by atoms with Crippen molar-refractivity contribution < 1.29 is 9.90 Å². The highest BCUT2D eigenvalue weighted by molar-refractivity contribution is 7.09. The Bertz CT molecular complexity index is 618. The van der Waals surface area contributed by atoms with Crippen molar-refractivity contribution in [1.29, 1.82) is 5.26 Å². The smallest absolute Gasteiger partial charge is 0.355 e. The van der Waals surface area contributed by atoms with Crippen molar-refractivity contribution in [1.82, 2.24) is 9.97 Å². The van der Waals surface area contributed by atoms with E-state index in [0.717, 1.165) is 0 Å². The zero-order chi connectivity index (χ0) is 13.0. The van der Waals surface area contributed by atoms with Crippen LogP contribution in [0.25, 0.3) is 0 Å². The average Bonchev–Trinajstić information content (AvgIpc) is 2.85. The first-order valence-corrected chi connectivity index (χ1v) is 5.86. The van der Waals surface area contributed by atoms with Gasteiger partial charge in [0, 0.05) is 5.38 Å². The molecule has 0 aromatic carbocycles. The molecule has 0 aliphatic heterocycles. The lowest BCUT2D eigenvalue weighted by molar-refractivity contribution is 0.0691. The number of hydrogen-bond donors (Lipinski definition) is 2. The normalized spacial score (nSPS) is 9.72.